The summed E-state index contributed by atoms with van der Waals surface area (Å²) in [5, 5.41) is -0.687. The van der Waals surface area contributed by atoms with E-state index in [2.05, 4.69) is 0 Å². The van der Waals surface area contributed by atoms with E-state index >= 15 is 0 Å². The number of amides is 1. The van der Waals surface area contributed by atoms with E-state index < -0.39 is 21.1 Å². The zero-order chi connectivity index (χ0) is 13.3. The summed E-state index contributed by atoms with van der Waals surface area (Å²) >= 11 is 7.13. The number of hydrogen-bond acceptors (Lipinski definition) is 5. The lowest BCUT2D eigenvalue weighted by molar-refractivity contribution is 0.0717. The molecule has 1 atom stereocenters. The largest absolute Gasteiger partial charge is 0.440 e. The van der Waals surface area contributed by atoms with Crippen molar-refractivity contribution in [3.05, 3.63) is 23.1 Å². The van der Waals surface area contributed by atoms with E-state index in [1.54, 1.807) is 0 Å². The number of nitrogens with zero attached hydrogens (tertiary/aromatic N) is 1. The van der Waals surface area contributed by atoms with Gasteiger partial charge in [0.2, 0.25) is 0 Å². The average Bonchev–Trinajstić information content (AvgIpc) is 2.74. The molecule has 1 fully saturated rings. The second-order valence-electron chi connectivity index (χ2n) is 3.96. The summed E-state index contributed by atoms with van der Waals surface area (Å²) < 4.78 is 28.4. The minimum atomic E-state index is -3.31. The lowest BCUT2D eigenvalue weighted by atomic mass is 10.3. The highest BCUT2D eigenvalue weighted by molar-refractivity contribution is 8.00. The molecule has 8 heteroatoms. The first-order valence-electron chi connectivity index (χ1n) is 5.22. The standard InChI is InChI=1S/C10H12ClNO4S2/c1-18(14,15)9-6-17-5-4-12(9)10(13)7-2-3-8(11)16-7/h2-3,9H,4-6H2,1H3. The zero-order valence-corrected chi connectivity index (χ0v) is 12.0. The van der Waals surface area contributed by atoms with Crippen molar-refractivity contribution in [3.63, 3.8) is 0 Å². The van der Waals surface area contributed by atoms with Crippen LogP contribution in [0.25, 0.3) is 0 Å². The second kappa shape index (κ2) is 5.14. The molecule has 0 aliphatic carbocycles. The maximum absolute atomic E-state index is 12.2. The van der Waals surface area contributed by atoms with E-state index in [4.69, 9.17) is 16.0 Å². The maximum atomic E-state index is 12.2. The molecule has 0 aromatic carbocycles. The summed E-state index contributed by atoms with van der Waals surface area (Å²) in [6.45, 7) is 0.388. The molecule has 1 amide bonds. The van der Waals surface area contributed by atoms with Gasteiger partial charge in [-0.1, -0.05) is 0 Å². The van der Waals surface area contributed by atoms with Gasteiger partial charge in [-0.05, 0) is 23.7 Å². The molecule has 0 radical (unpaired) electrons. The number of furan rings is 1. The van der Waals surface area contributed by atoms with Crippen LogP contribution >= 0.6 is 23.4 Å². The first-order chi connectivity index (χ1) is 8.39. The highest BCUT2D eigenvalue weighted by atomic mass is 35.5. The smallest absolute Gasteiger partial charge is 0.290 e. The first-order valence-corrected chi connectivity index (χ1v) is 8.71. The van der Waals surface area contributed by atoms with Crippen LogP contribution in [0, 0.1) is 0 Å². The monoisotopic (exact) mass is 309 g/mol. The van der Waals surface area contributed by atoms with Gasteiger partial charge in [0.25, 0.3) is 5.91 Å². The Kier molecular flexibility index (Phi) is 3.93. The molecule has 100 valence electrons. The van der Waals surface area contributed by atoms with Crippen molar-refractivity contribution in [3.8, 4) is 0 Å². The Bertz CT molecular complexity index is 554. The van der Waals surface area contributed by atoms with Gasteiger partial charge in [-0.2, -0.15) is 11.8 Å². The van der Waals surface area contributed by atoms with Crippen molar-refractivity contribution >= 4 is 39.1 Å². The summed E-state index contributed by atoms with van der Waals surface area (Å²) in [6, 6.07) is 2.91. The molecule has 18 heavy (non-hydrogen) atoms. The summed E-state index contributed by atoms with van der Waals surface area (Å²) in [4.78, 5) is 13.5. The number of carbonyl (C=O) groups is 1. The van der Waals surface area contributed by atoms with Crippen molar-refractivity contribution in [2.75, 3.05) is 24.3 Å². The molecule has 0 saturated carbocycles. The molecule has 1 aromatic heterocycles. The normalized spacial score (nSPS) is 21.0. The Morgan fingerprint density at radius 2 is 2.28 bits per heavy atom. The zero-order valence-electron chi connectivity index (χ0n) is 9.63. The minimum Gasteiger partial charge on any atom is -0.440 e. The molecule has 2 heterocycles. The van der Waals surface area contributed by atoms with Crippen LogP contribution in [0.4, 0.5) is 0 Å². The molecule has 5 nitrogen and oxygen atoms in total. The minimum absolute atomic E-state index is 0.0700. The first kappa shape index (κ1) is 13.8. The molecule has 1 saturated heterocycles. The Hall–Kier alpha value is -0.660. The van der Waals surface area contributed by atoms with Gasteiger partial charge >= 0.3 is 0 Å². The predicted octanol–water partition coefficient (Wildman–Crippen LogP) is 1.49. The fraction of sp³-hybridized carbons (Fsp3) is 0.500. The lowest BCUT2D eigenvalue weighted by Gasteiger charge is -2.33. The van der Waals surface area contributed by atoms with Crippen LogP contribution in [0.3, 0.4) is 0 Å². The third-order valence-electron chi connectivity index (χ3n) is 2.62. The SMILES string of the molecule is CS(=O)(=O)C1CSCCN1C(=O)c1ccc(Cl)o1. The highest BCUT2D eigenvalue weighted by Crippen LogP contribution is 2.23. The van der Waals surface area contributed by atoms with Gasteiger partial charge in [-0.3, -0.25) is 4.79 Å². The van der Waals surface area contributed by atoms with E-state index in [9.17, 15) is 13.2 Å². The van der Waals surface area contributed by atoms with Crippen LogP contribution in [-0.2, 0) is 9.84 Å². The number of hydrogen-bond donors (Lipinski definition) is 0. The van der Waals surface area contributed by atoms with Crippen LogP contribution in [0.5, 0.6) is 0 Å². The molecule has 0 N–H and O–H groups in total. The fourth-order valence-electron chi connectivity index (χ4n) is 1.74. The van der Waals surface area contributed by atoms with Crippen molar-refractivity contribution in [2.45, 2.75) is 5.37 Å². The maximum Gasteiger partial charge on any atom is 0.290 e. The molecular formula is C10H12ClNO4S2. The Labute approximate surface area is 114 Å². The molecule has 2 rings (SSSR count). The van der Waals surface area contributed by atoms with E-state index in [1.807, 2.05) is 0 Å². The summed E-state index contributed by atoms with van der Waals surface area (Å²) in [5.41, 5.74) is 0. The predicted molar refractivity (Wildman–Crippen MR) is 70.7 cm³/mol. The number of halogens is 1. The van der Waals surface area contributed by atoms with E-state index in [0.717, 1.165) is 6.26 Å². The van der Waals surface area contributed by atoms with Gasteiger partial charge < -0.3 is 9.32 Å². The van der Waals surface area contributed by atoms with Crippen LogP contribution < -0.4 is 0 Å². The molecule has 1 unspecified atom stereocenters. The number of thioether (sulfide) groups is 1. The quantitative estimate of drug-likeness (QED) is 0.828. The molecule has 1 aliphatic heterocycles. The summed E-state index contributed by atoms with van der Waals surface area (Å²) in [5.74, 6) is 0.740. The van der Waals surface area contributed by atoms with Gasteiger partial charge in [-0.15, -0.1) is 0 Å². The summed E-state index contributed by atoms with van der Waals surface area (Å²) in [7, 11) is -3.31. The van der Waals surface area contributed by atoms with E-state index in [-0.39, 0.29) is 11.0 Å². The molecule has 0 spiro atoms. The van der Waals surface area contributed by atoms with Gasteiger partial charge in [0.05, 0.1) is 0 Å². The van der Waals surface area contributed by atoms with Crippen LogP contribution in [0.2, 0.25) is 5.22 Å². The summed E-state index contributed by atoms with van der Waals surface area (Å²) in [6.07, 6.45) is 1.14. The molecular weight excluding hydrogens is 298 g/mol. The Morgan fingerprint density at radius 3 is 2.83 bits per heavy atom. The van der Waals surface area contributed by atoms with E-state index in [1.165, 1.54) is 28.8 Å². The van der Waals surface area contributed by atoms with Crippen molar-refractivity contribution < 1.29 is 17.6 Å². The van der Waals surface area contributed by atoms with Gasteiger partial charge in [-0.25, -0.2) is 8.42 Å². The van der Waals surface area contributed by atoms with Crippen molar-refractivity contribution in [2.24, 2.45) is 0 Å². The van der Waals surface area contributed by atoms with Gasteiger partial charge in [0.1, 0.15) is 5.37 Å². The number of sulfone groups is 1. The molecule has 0 bridgehead atoms. The average molecular weight is 310 g/mol. The third-order valence-corrected chi connectivity index (χ3v) is 5.47. The highest BCUT2D eigenvalue weighted by Gasteiger charge is 2.35. The van der Waals surface area contributed by atoms with Gasteiger partial charge in [0.15, 0.2) is 20.8 Å². The Morgan fingerprint density at radius 1 is 1.56 bits per heavy atom. The van der Waals surface area contributed by atoms with Crippen LogP contribution in [0.1, 0.15) is 10.6 Å². The fourth-order valence-corrected chi connectivity index (χ4v) is 4.70. The van der Waals surface area contributed by atoms with Crippen LogP contribution in [-0.4, -0.2) is 48.9 Å². The molecule has 1 aromatic rings. The number of rotatable bonds is 2. The van der Waals surface area contributed by atoms with Crippen LogP contribution in [0.15, 0.2) is 16.5 Å². The van der Waals surface area contributed by atoms with Crippen molar-refractivity contribution in [1.29, 1.82) is 0 Å². The van der Waals surface area contributed by atoms with E-state index in [0.29, 0.717) is 18.1 Å². The second-order valence-corrected chi connectivity index (χ2v) is 7.69. The lowest BCUT2D eigenvalue weighted by Crippen LogP contribution is -2.49. The number of carbonyl (C=O) groups excluding carboxylic acids is 1. The third kappa shape index (κ3) is 2.84. The van der Waals surface area contributed by atoms with Gasteiger partial charge in [0, 0.05) is 24.3 Å². The Balaban J connectivity index is 2.27. The molecule has 1 aliphatic rings. The topological polar surface area (TPSA) is 67.6 Å². The van der Waals surface area contributed by atoms with Crippen molar-refractivity contribution in [1.82, 2.24) is 4.90 Å².